The van der Waals surface area contributed by atoms with Gasteiger partial charge in [0.05, 0.1) is 11.0 Å². The predicted octanol–water partition coefficient (Wildman–Crippen LogP) is 15.2. The molecule has 0 aliphatic heterocycles. The van der Waals surface area contributed by atoms with Gasteiger partial charge in [-0.3, -0.25) is 0 Å². The summed E-state index contributed by atoms with van der Waals surface area (Å²) in [6.45, 7) is 0. The van der Waals surface area contributed by atoms with Crippen LogP contribution in [-0.2, 0) is 0 Å². The molecular formula is C57H32N4O2. The second-order valence-corrected chi connectivity index (χ2v) is 16.3. The molecule has 0 saturated carbocycles. The Hall–Kier alpha value is -8.61. The highest BCUT2D eigenvalue weighted by Gasteiger charge is 2.22. The molecule has 0 unspecified atom stereocenters. The molecule has 4 heterocycles. The lowest BCUT2D eigenvalue weighted by Gasteiger charge is -2.12. The first-order chi connectivity index (χ1) is 31.2. The monoisotopic (exact) mass is 804 g/mol. The van der Waals surface area contributed by atoms with E-state index in [0.717, 1.165) is 93.3 Å². The van der Waals surface area contributed by atoms with Crippen LogP contribution in [-0.4, -0.2) is 19.5 Å². The lowest BCUT2D eigenvalue weighted by Crippen LogP contribution is -2.01. The molecule has 0 fully saturated rings. The Balaban J connectivity index is 1.04. The summed E-state index contributed by atoms with van der Waals surface area (Å²) in [5, 5.41) is 13.3. The number of benzene rings is 10. The smallest absolute Gasteiger partial charge is 0.164 e. The number of fused-ring (bicyclic) bond motifs is 13. The molecule has 6 nitrogen and oxygen atoms in total. The normalized spacial score (nSPS) is 12.1. The van der Waals surface area contributed by atoms with Crippen LogP contribution in [0.1, 0.15) is 0 Å². The quantitative estimate of drug-likeness (QED) is 0.177. The van der Waals surface area contributed by atoms with Gasteiger partial charge in [-0.05, 0) is 93.0 Å². The molecule has 63 heavy (non-hydrogen) atoms. The molecule has 0 bridgehead atoms. The Bertz CT molecular complexity index is 4230. The molecule has 0 saturated heterocycles. The first-order valence-electron chi connectivity index (χ1n) is 21.2. The van der Waals surface area contributed by atoms with Gasteiger partial charge in [0, 0.05) is 54.7 Å². The zero-order chi connectivity index (χ0) is 41.2. The van der Waals surface area contributed by atoms with Crippen molar-refractivity contribution >= 4 is 98.0 Å². The van der Waals surface area contributed by atoms with E-state index in [1.54, 1.807) is 0 Å². The van der Waals surface area contributed by atoms with Crippen LogP contribution in [0.4, 0.5) is 0 Å². The van der Waals surface area contributed by atoms with E-state index in [4.69, 9.17) is 23.8 Å². The van der Waals surface area contributed by atoms with Crippen molar-refractivity contribution in [3.8, 4) is 39.9 Å². The zero-order valence-electron chi connectivity index (χ0n) is 33.6. The maximum Gasteiger partial charge on any atom is 0.164 e. The Morgan fingerprint density at radius 2 is 0.905 bits per heavy atom. The molecule has 0 aliphatic rings. The van der Waals surface area contributed by atoms with Gasteiger partial charge in [0.25, 0.3) is 0 Å². The molecule has 14 rings (SSSR count). The highest BCUT2D eigenvalue weighted by molar-refractivity contribution is 6.23. The SMILES string of the molecule is c1ccc2cc(-c3nc(-c4cccc5oc6ccccc6c45)nc(-c4cccc5oc6ccc7ccc(-n8c9ccccc9c9cc%10ccccc%10cc98)cc7c6c45)n3)ccc2c1. The van der Waals surface area contributed by atoms with Crippen LogP contribution < -0.4 is 0 Å². The largest absolute Gasteiger partial charge is 0.456 e. The van der Waals surface area contributed by atoms with Crippen LogP contribution in [0.5, 0.6) is 0 Å². The van der Waals surface area contributed by atoms with Crippen molar-refractivity contribution in [2.75, 3.05) is 0 Å². The minimum atomic E-state index is 0.559. The molecule has 0 aliphatic carbocycles. The number of hydrogen-bond donors (Lipinski definition) is 0. The third-order valence-corrected chi connectivity index (χ3v) is 12.8. The molecule has 292 valence electrons. The fourth-order valence-electron chi connectivity index (χ4n) is 9.92. The van der Waals surface area contributed by atoms with E-state index < -0.39 is 0 Å². The summed E-state index contributed by atoms with van der Waals surface area (Å²) in [4.78, 5) is 15.9. The Morgan fingerprint density at radius 1 is 0.317 bits per heavy atom. The highest BCUT2D eigenvalue weighted by atomic mass is 16.3. The Morgan fingerprint density at radius 3 is 1.73 bits per heavy atom. The minimum Gasteiger partial charge on any atom is -0.456 e. The van der Waals surface area contributed by atoms with Gasteiger partial charge < -0.3 is 13.4 Å². The van der Waals surface area contributed by atoms with Crippen molar-refractivity contribution in [3.05, 3.63) is 194 Å². The lowest BCUT2D eigenvalue weighted by molar-refractivity contribution is 0.668. The molecule has 0 atom stereocenters. The predicted molar refractivity (Wildman–Crippen MR) is 258 cm³/mol. The van der Waals surface area contributed by atoms with Gasteiger partial charge in [0.2, 0.25) is 0 Å². The summed E-state index contributed by atoms with van der Waals surface area (Å²) in [6, 6.07) is 68.1. The van der Waals surface area contributed by atoms with Crippen molar-refractivity contribution in [1.82, 2.24) is 19.5 Å². The standard InChI is InChI=1S/C57H32N4O2/c1-2-12-35-29-38(24-23-33(35)11-1)55-58-56(42-17-9-21-49-52(42)41-16-6-8-20-48(41)62-49)60-57(59-55)43-18-10-22-50-53(43)54-44-32-39(27-25-34(44)26-28-51(54)63-50)61-46-19-7-5-15-40(46)45-30-36-13-3-4-14-37(36)31-47(45)61/h1-32H. The summed E-state index contributed by atoms with van der Waals surface area (Å²) >= 11 is 0. The van der Waals surface area contributed by atoms with Gasteiger partial charge in [-0.15, -0.1) is 0 Å². The minimum absolute atomic E-state index is 0.559. The number of furan rings is 2. The van der Waals surface area contributed by atoms with Gasteiger partial charge in [0.1, 0.15) is 22.3 Å². The van der Waals surface area contributed by atoms with E-state index in [1.807, 2.05) is 42.5 Å². The first-order valence-corrected chi connectivity index (χ1v) is 21.2. The van der Waals surface area contributed by atoms with Crippen molar-refractivity contribution in [2.45, 2.75) is 0 Å². The summed E-state index contributed by atoms with van der Waals surface area (Å²) in [7, 11) is 0. The summed E-state index contributed by atoms with van der Waals surface area (Å²) < 4.78 is 15.5. The van der Waals surface area contributed by atoms with Crippen molar-refractivity contribution in [3.63, 3.8) is 0 Å². The number of hydrogen-bond acceptors (Lipinski definition) is 5. The second-order valence-electron chi connectivity index (χ2n) is 16.3. The van der Waals surface area contributed by atoms with Crippen LogP contribution in [0.3, 0.4) is 0 Å². The van der Waals surface area contributed by atoms with E-state index in [-0.39, 0.29) is 0 Å². The Labute approximate surface area is 358 Å². The molecule has 0 N–H and O–H groups in total. The average Bonchev–Trinajstić information content (AvgIpc) is 4.02. The van der Waals surface area contributed by atoms with Crippen LogP contribution in [0.25, 0.3) is 138 Å². The van der Waals surface area contributed by atoms with Gasteiger partial charge >= 0.3 is 0 Å². The second kappa shape index (κ2) is 12.9. The molecule has 0 amide bonds. The average molecular weight is 805 g/mol. The summed E-state index contributed by atoms with van der Waals surface area (Å²) in [6.07, 6.45) is 0. The molecule has 0 radical (unpaired) electrons. The van der Waals surface area contributed by atoms with E-state index in [0.29, 0.717) is 17.5 Å². The van der Waals surface area contributed by atoms with Crippen molar-refractivity contribution in [2.24, 2.45) is 0 Å². The van der Waals surface area contributed by atoms with Crippen molar-refractivity contribution in [1.29, 1.82) is 0 Å². The first kappa shape index (κ1) is 34.1. The number of aromatic nitrogens is 4. The fraction of sp³-hybridized carbons (Fsp3) is 0. The third-order valence-electron chi connectivity index (χ3n) is 12.8. The molecule has 6 heteroatoms. The van der Waals surface area contributed by atoms with Crippen LogP contribution in [0.2, 0.25) is 0 Å². The number of para-hydroxylation sites is 2. The van der Waals surface area contributed by atoms with Gasteiger partial charge in [0.15, 0.2) is 17.5 Å². The lowest BCUT2D eigenvalue weighted by atomic mass is 9.99. The molecule has 0 spiro atoms. The molecule has 14 aromatic rings. The summed E-state index contributed by atoms with van der Waals surface area (Å²) in [5.41, 5.74) is 9.21. The molecular weight excluding hydrogens is 773 g/mol. The van der Waals surface area contributed by atoms with Gasteiger partial charge in [-0.25, -0.2) is 15.0 Å². The fourth-order valence-corrected chi connectivity index (χ4v) is 9.92. The van der Waals surface area contributed by atoms with E-state index in [1.165, 1.54) is 27.1 Å². The topological polar surface area (TPSA) is 69.9 Å². The summed E-state index contributed by atoms with van der Waals surface area (Å²) in [5.74, 6) is 1.71. The van der Waals surface area contributed by atoms with Crippen LogP contribution in [0, 0.1) is 0 Å². The van der Waals surface area contributed by atoms with E-state index in [9.17, 15) is 0 Å². The zero-order valence-corrected chi connectivity index (χ0v) is 33.6. The van der Waals surface area contributed by atoms with Gasteiger partial charge in [-0.2, -0.15) is 0 Å². The highest BCUT2D eigenvalue weighted by Crippen LogP contribution is 2.43. The third kappa shape index (κ3) is 5.09. The van der Waals surface area contributed by atoms with Crippen molar-refractivity contribution < 1.29 is 8.83 Å². The van der Waals surface area contributed by atoms with Crippen LogP contribution >= 0.6 is 0 Å². The Kier molecular flexibility index (Phi) is 7.02. The maximum absolute atomic E-state index is 6.72. The van der Waals surface area contributed by atoms with E-state index in [2.05, 4.69) is 156 Å². The molecule has 4 aromatic heterocycles. The van der Waals surface area contributed by atoms with Crippen LogP contribution in [0.15, 0.2) is 203 Å². The molecule has 10 aromatic carbocycles. The number of rotatable bonds is 4. The van der Waals surface area contributed by atoms with E-state index >= 15 is 0 Å². The number of nitrogens with zero attached hydrogens (tertiary/aromatic N) is 4. The maximum atomic E-state index is 6.72. The van der Waals surface area contributed by atoms with Gasteiger partial charge in [-0.1, -0.05) is 133 Å².